The molecular weight excluding hydrogens is 313 g/mol. The maximum atomic E-state index is 12.9. The van der Waals surface area contributed by atoms with Crippen LogP contribution >= 0.6 is 0 Å². The van der Waals surface area contributed by atoms with Gasteiger partial charge in [-0.15, -0.1) is 0 Å². The van der Waals surface area contributed by atoms with Crippen LogP contribution in [0.4, 0.5) is 4.39 Å². The number of nitrogens with zero attached hydrogens (tertiary/aromatic N) is 1. The molecule has 0 fully saturated rings. The Labute approximate surface area is 139 Å². The molecule has 0 unspecified atom stereocenters. The zero-order valence-corrected chi connectivity index (χ0v) is 13.6. The summed E-state index contributed by atoms with van der Waals surface area (Å²) in [5.74, 6) is 0.123. The van der Waals surface area contributed by atoms with Crippen LogP contribution in [0, 0.1) is 5.82 Å². The lowest BCUT2D eigenvalue weighted by Gasteiger charge is -2.08. The van der Waals surface area contributed by atoms with Gasteiger partial charge in [0.05, 0.1) is 12.7 Å². The van der Waals surface area contributed by atoms with Crippen LogP contribution in [0.25, 0.3) is 11.3 Å². The molecule has 2 aromatic rings. The van der Waals surface area contributed by atoms with E-state index in [1.165, 1.54) is 18.3 Å². The molecule has 0 spiro atoms. The summed E-state index contributed by atoms with van der Waals surface area (Å²) in [6.45, 7) is 3.64. The van der Waals surface area contributed by atoms with Crippen LogP contribution in [0.3, 0.4) is 0 Å². The molecular formula is C17H20FN3O3. The first kappa shape index (κ1) is 17.7. The van der Waals surface area contributed by atoms with Gasteiger partial charge in [-0.1, -0.05) is 0 Å². The summed E-state index contributed by atoms with van der Waals surface area (Å²) >= 11 is 0. The van der Waals surface area contributed by atoms with Gasteiger partial charge in [0.2, 0.25) is 11.8 Å². The molecule has 128 valence electrons. The fourth-order valence-corrected chi connectivity index (χ4v) is 2.03. The number of oxazole rings is 1. The number of amides is 2. The minimum Gasteiger partial charge on any atom is -0.441 e. The number of rotatable bonds is 7. The Balaban J connectivity index is 1.79. The smallest absolute Gasteiger partial charge is 0.239 e. The fraction of sp³-hybridized carbons (Fsp3) is 0.353. The number of carbonyl (C=O) groups excluding carboxylic acids is 2. The molecule has 2 N–H and O–H groups in total. The lowest BCUT2D eigenvalue weighted by Crippen LogP contribution is -2.39. The summed E-state index contributed by atoms with van der Waals surface area (Å²) in [6.07, 6.45) is 2.02. The van der Waals surface area contributed by atoms with Crippen LogP contribution in [0.15, 0.2) is 34.9 Å². The Morgan fingerprint density at radius 1 is 1.21 bits per heavy atom. The van der Waals surface area contributed by atoms with E-state index in [0.717, 1.165) is 0 Å². The summed E-state index contributed by atoms with van der Waals surface area (Å²) in [5, 5.41) is 5.23. The molecule has 0 radical (unpaired) electrons. The normalized spacial score (nSPS) is 10.7. The number of nitrogens with one attached hydrogen (secondary N) is 2. The second-order valence-electron chi connectivity index (χ2n) is 5.62. The zero-order valence-electron chi connectivity index (χ0n) is 13.6. The van der Waals surface area contributed by atoms with Gasteiger partial charge < -0.3 is 15.1 Å². The third-order valence-corrected chi connectivity index (χ3v) is 3.14. The number of benzene rings is 1. The summed E-state index contributed by atoms with van der Waals surface area (Å²) in [6, 6.07) is 5.91. The van der Waals surface area contributed by atoms with Gasteiger partial charge in [0.25, 0.3) is 0 Å². The van der Waals surface area contributed by atoms with Crippen LogP contribution in [0.2, 0.25) is 0 Å². The Hall–Kier alpha value is -2.70. The van der Waals surface area contributed by atoms with Crippen LogP contribution in [-0.4, -0.2) is 29.4 Å². The van der Waals surface area contributed by atoms with Gasteiger partial charge in [0, 0.05) is 24.4 Å². The van der Waals surface area contributed by atoms with E-state index in [9.17, 15) is 14.0 Å². The third-order valence-electron chi connectivity index (χ3n) is 3.14. The predicted octanol–water partition coefficient (Wildman–Crippen LogP) is 2.05. The van der Waals surface area contributed by atoms with Crippen molar-refractivity contribution in [3.63, 3.8) is 0 Å². The van der Waals surface area contributed by atoms with Crippen molar-refractivity contribution < 1.29 is 18.4 Å². The van der Waals surface area contributed by atoms with E-state index in [0.29, 0.717) is 23.6 Å². The molecule has 1 heterocycles. The number of hydrogen-bond donors (Lipinski definition) is 2. The van der Waals surface area contributed by atoms with Crippen molar-refractivity contribution in [3.8, 4) is 11.3 Å². The molecule has 6 nitrogen and oxygen atoms in total. The summed E-state index contributed by atoms with van der Waals surface area (Å²) in [7, 11) is 0. The fourth-order valence-electron chi connectivity index (χ4n) is 2.03. The van der Waals surface area contributed by atoms with E-state index >= 15 is 0 Å². The molecule has 1 aromatic heterocycles. The summed E-state index contributed by atoms with van der Waals surface area (Å²) < 4.78 is 18.4. The van der Waals surface area contributed by atoms with E-state index in [-0.39, 0.29) is 36.6 Å². The Morgan fingerprint density at radius 2 is 1.92 bits per heavy atom. The molecule has 0 aliphatic heterocycles. The minimum atomic E-state index is -0.323. The standard InChI is InChI=1S/C17H20FN3O3/c1-11(2)21-16(23)10-19-15(22)7-8-17-20-9-14(24-17)12-3-5-13(18)6-4-12/h3-6,9,11H,7-8,10H2,1-2H3,(H,19,22)(H,21,23). The lowest BCUT2D eigenvalue weighted by atomic mass is 10.2. The highest BCUT2D eigenvalue weighted by Crippen LogP contribution is 2.21. The second kappa shape index (κ2) is 8.24. The van der Waals surface area contributed by atoms with Gasteiger partial charge in [0.15, 0.2) is 11.7 Å². The molecule has 24 heavy (non-hydrogen) atoms. The maximum Gasteiger partial charge on any atom is 0.239 e. The quantitative estimate of drug-likeness (QED) is 0.812. The largest absolute Gasteiger partial charge is 0.441 e. The lowest BCUT2D eigenvalue weighted by molar-refractivity contribution is -0.126. The van der Waals surface area contributed by atoms with Gasteiger partial charge in [0.1, 0.15) is 5.82 Å². The van der Waals surface area contributed by atoms with Crippen molar-refractivity contribution in [2.75, 3.05) is 6.54 Å². The van der Waals surface area contributed by atoms with Gasteiger partial charge in [-0.05, 0) is 38.1 Å². The van der Waals surface area contributed by atoms with Crippen molar-refractivity contribution >= 4 is 11.8 Å². The van der Waals surface area contributed by atoms with Crippen molar-refractivity contribution in [2.45, 2.75) is 32.7 Å². The number of carbonyl (C=O) groups is 2. The molecule has 0 saturated heterocycles. The van der Waals surface area contributed by atoms with E-state index in [1.54, 1.807) is 12.1 Å². The number of halogens is 1. The summed E-state index contributed by atoms with van der Waals surface area (Å²) in [5.41, 5.74) is 0.713. The van der Waals surface area contributed by atoms with Gasteiger partial charge >= 0.3 is 0 Å². The maximum absolute atomic E-state index is 12.9. The first-order valence-electron chi connectivity index (χ1n) is 7.70. The Kier molecular flexibility index (Phi) is 6.06. The van der Waals surface area contributed by atoms with E-state index in [1.807, 2.05) is 13.8 Å². The highest BCUT2D eigenvalue weighted by Gasteiger charge is 2.10. The average Bonchev–Trinajstić information content (AvgIpc) is 3.00. The molecule has 0 aliphatic rings. The molecule has 0 aliphatic carbocycles. The molecule has 1 aromatic carbocycles. The topological polar surface area (TPSA) is 84.2 Å². The third kappa shape index (κ3) is 5.49. The van der Waals surface area contributed by atoms with Gasteiger partial charge in [-0.2, -0.15) is 0 Å². The van der Waals surface area contributed by atoms with Crippen molar-refractivity contribution in [1.82, 2.24) is 15.6 Å². The first-order chi connectivity index (χ1) is 11.4. The molecule has 7 heteroatoms. The SMILES string of the molecule is CC(C)NC(=O)CNC(=O)CCc1ncc(-c2ccc(F)cc2)o1. The van der Waals surface area contributed by atoms with E-state index in [2.05, 4.69) is 15.6 Å². The van der Waals surface area contributed by atoms with E-state index < -0.39 is 0 Å². The zero-order chi connectivity index (χ0) is 17.5. The van der Waals surface area contributed by atoms with Crippen LogP contribution in [0.1, 0.15) is 26.2 Å². The van der Waals surface area contributed by atoms with Crippen LogP contribution < -0.4 is 10.6 Å². The molecule has 2 rings (SSSR count). The van der Waals surface area contributed by atoms with Crippen molar-refractivity contribution in [1.29, 1.82) is 0 Å². The van der Waals surface area contributed by atoms with Crippen LogP contribution in [-0.2, 0) is 16.0 Å². The number of aromatic nitrogens is 1. The minimum absolute atomic E-state index is 0.0339. The highest BCUT2D eigenvalue weighted by molar-refractivity contribution is 5.84. The average molecular weight is 333 g/mol. The highest BCUT2D eigenvalue weighted by atomic mass is 19.1. The molecule has 0 saturated carbocycles. The van der Waals surface area contributed by atoms with Gasteiger partial charge in [-0.3, -0.25) is 9.59 Å². The van der Waals surface area contributed by atoms with Crippen LogP contribution in [0.5, 0.6) is 0 Å². The molecule has 2 amide bonds. The predicted molar refractivity (Wildman–Crippen MR) is 86.5 cm³/mol. The summed E-state index contributed by atoms with van der Waals surface area (Å²) in [4.78, 5) is 27.3. The Morgan fingerprint density at radius 3 is 2.58 bits per heavy atom. The molecule has 0 atom stereocenters. The number of hydrogen-bond acceptors (Lipinski definition) is 4. The first-order valence-corrected chi connectivity index (χ1v) is 7.70. The van der Waals surface area contributed by atoms with E-state index in [4.69, 9.17) is 4.42 Å². The van der Waals surface area contributed by atoms with Gasteiger partial charge in [-0.25, -0.2) is 9.37 Å². The van der Waals surface area contributed by atoms with Crippen molar-refractivity contribution in [2.24, 2.45) is 0 Å². The van der Waals surface area contributed by atoms with Crippen molar-refractivity contribution in [3.05, 3.63) is 42.2 Å². The Bertz CT molecular complexity index is 695. The monoisotopic (exact) mass is 333 g/mol. The second-order valence-corrected chi connectivity index (χ2v) is 5.62. The number of aryl methyl sites for hydroxylation is 1. The molecule has 0 bridgehead atoms.